The van der Waals surface area contributed by atoms with Crippen LogP contribution in [0.1, 0.15) is 36.8 Å². The van der Waals surface area contributed by atoms with Gasteiger partial charge in [0.05, 0.1) is 0 Å². The molecule has 0 radical (unpaired) electrons. The molecule has 1 aliphatic carbocycles. The predicted octanol–water partition coefficient (Wildman–Crippen LogP) is 4.45. The number of halogens is 1. The molecule has 5 rings (SSSR count). The normalized spacial score (nSPS) is 30.8. The molecule has 2 aromatic rings. The lowest BCUT2D eigenvalue weighted by Crippen LogP contribution is -2.66. The summed E-state index contributed by atoms with van der Waals surface area (Å²) in [5, 5.41) is 3.88. The number of rotatable bonds is 0. The molecule has 0 bridgehead atoms. The van der Waals surface area contributed by atoms with Crippen molar-refractivity contribution >= 4 is 11.4 Å². The summed E-state index contributed by atoms with van der Waals surface area (Å²) in [4.78, 5) is 2.39. The predicted molar refractivity (Wildman–Crippen MR) is 91.4 cm³/mol. The molecule has 0 aromatic heterocycles. The highest BCUT2D eigenvalue weighted by Crippen LogP contribution is 2.61. The van der Waals surface area contributed by atoms with Crippen LogP contribution in [-0.4, -0.2) is 12.7 Å². The Morgan fingerprint density at radius 3 is 2.83 bits per heavy atom. The Morgan fingerprint density at radius 2 is 1.91 bits per heavy atom. The van der Waals surface area contributed by atoms with Gasteiger partial charge >= 0.3 is 0 Å². The van der Waals surface area contributed by atoms with E-state index < -0.39 is 0 Å². The van der Waals surface area contributed by atoms with Crippen molar-refractivity contribution in [2.45, 2.75) is 43.2 Å². The summed E-state index contributed by atoms with van der Waals surface area (Å²) in [6, 6.07) is 13.9. The van der Waals surface area contributed by atoms with E-state index in [0.29, 0.717) is 0 Å². The third-order valence-corrected chi connectivity index (χ3v) is 6.44. The van der Waals surface area contributed by atoms with Crippen LogP contribution in [0.25, 0.3) is 0 Å². The van der Waals surface area contributed by atoms with Gasteiger partial charge in [0.1, 0.15) is 11.5 Å². The molecule has 1 fully saturated rings. The van der Waals surface area contributed by atoms with Crippen molar-refractivity contribution < 1.29 is 4.39 Å². The Bertz CT molecular complexity index is 802. The standard InChI is InChI=1S/C20H21FN2/c1-23-18-9-8-15(21)12-16(18)19-10-4-5-11-20(19,23)22-17-7-3-2-6-14(17)13-19/h2-3,6-9,12,22H,4-5,10-11,13H2,1H3/t19-,20+/m0/s1. The molecule has 0 saturated heterocycles. The molecule has 0 amide bonds. The smallest absolute Gasteiger partial charge is 0.123 e. The minimum absolute atomic E-state index is 0.0220. The number of nitrogens with zero attached hydrogens (tertiary/aromatic N) is 1. The van der Waals surface area contributed by atoms with E-state index in [4.69, 9.17) is 0 Å². The van der Waals surface area contributed by atoms with Crippen molar-refractivity contribution in [1.29, 1.82) is 0 Å². The van der Waals surface area contributed by atoms with Crippen molar-refractivity contribution in [2.75, 3.05) is 17.3 Å². The SMILES string of the molecule is CN1c2ccc(F)cc2[C@@]23CCCC[C@@]12Nc1ccccc1C3. The minimum atomic E-state index is -0.119. The molecule has 1 N–H and O–H groups in total. The van der Waals surface area contributed by atoms with Gasteiger partial charge in [0.15, 0.2) is 0 Å². The van der Waals surface area contributed by atoms with Gasteiger partial charge in [-0.05, 0) is 61.1 Å². The molecule has 2 nitrogen and oxygen atoms in total. The topological polar surface area (TPSA) is 15.3 Å². The first kappa shape index (κ1) is 13.4. The van der Waals surface area contributed by atoms with Gasteiger partial charge in [-0.1, -0.05) is 24.6 Å². The minimum Gasteiger partial charge on any atom is -0.362 e. The molecule has 2 aliphatic heterocycles. The monoisotopic (exact) mass is 308 g/mol. The molecule has 23 heavy (non-hydrogen) atoms. The van der Waals surface area contributed by atoms with E-state index >= 15 is 0 Å². The summed E-state index contributed by atoms with van der Waals surface area (Å²) in [5.41, 5.74) is 4.85. The molecular formula is C20H21FN2. The lowest BCUT2D eigenvalue weighted by Gasteiger charge is -2.56. The van der Waals surface area contributed by atoms with Gasteiger partial charge in [0.2, 0.25) is 0 Å². The molecule has 3 heteroatoms. The molecule has 2 heterocycles. The van der Waals surface area contributed by atoms with Gasteiger partial charge in [-0.3, -0.25) is 0 Å². The molecule has 2 atom stereocenters. The molecule has 0 spiro atoms. The van der Waals surface area contributed by atoms with Crippen LogP contribution in [0, 0.1) is 5.82 Å². The van der Waals surface area contributed by atoms with E-state index in [9.17, 15) is 4.39 Å². The lowest BCUT2D eigenvalue weighted by atomic mass is 9.59. The van der Waals surface area contributed by atoms with E-state index in [1.807, 2.05) is 6.07 Å². The summed E-state index contributed by atoms with van der Waals surface area (Å²) in [7, 11) is 2.17. The average molecular weight is 308 g/mol. The highest BCUT2D eigenvalue weighted by Gasteiger charge is 2.63. The number of fused-ring (bicyclic) bond motifs is 2. The van der Waals surface area contributed by atoms with Crippen LogP contribution in [0.15, 0.2) is 42.5 Å². The summed E-state index contributed by atoms with van der Waals surface area (Å²) in [6.45, 7) is 0. The number of para-hydroxylation sites is 1. The van der Waals surface area contributed by atoms with Gasteiger partial charge in [0.25, 0.3) is 0 Å². The fourth-order valence-corrected chi connectivity index (χ4v) is 5.43. The first-order chi connectivity index (χ1) is 11.2. The fraction of sp³-hybridized carbons (Fsp3) is 0.400. The van der Waals surface area contributed by atoms with Gasteiger partial charge in [-0.25, -0.2) is 4.39 Å². The van der Waals surface area contributed by atoms with Crippen LogP contribution < -0.4 is 10.2 Å². The van der Waals surface area contributed by atoms with Crippen LogP contribution in [-0.2, 0) is 11.8 Å². The van der Waals surface area contributed by atoms with E-state index in [2.05, 4.69) is 41.5 Å². The third kappa shape index (κ3) is 1.48. The second kappa shape index (κ2) is 4.28. The zero-order chi connectivity index (χ0) is 15.7. The largest absolute Gasteiger partial charge is 0.362 e. The third-order valence-electron chi connectivity index (χ3n) is 6.44. The molecule has 2 aromatic carbocycles. The average Bonchev–Trinajstić information content (AvgIpc) is 2.78. The van der Waals surface area contributed by atoms with Gasteiger partial charge in [0, 0.05) is 23.8 Å². The number of likely N-dealkylation sites (N-methyl/N-ethyl adjacent to an activating group) is 1. The molecular weight excluding hydrogens is 287 g/mol. The van der Waals surface area contributed by atoms with E-state index in [1.54, 1.807) is 12.1 Å². The Balaban J connectivity index is 1.80. The van der Waals surface area contributed by atoms with Crippen LogP contribution in [0.3, 0.4) is 0 Å². The van der Waals surface area contributed by atoms with Crippen LogP contribution in [0.2, 0.25) is 0 Å². The molecule has 1 saturated carbocycles. The quantitative estimate of drug-likeness (QED) is 0.773. The highest BCUT2D eigenvalue weighted by atomic mass is 19.1. The van der Waals surface area contributed by atoms with E-state index in [-0.39, 0.29) is 16.9 Å². The summed E-state index contributed by atoms with van der Waals surface area (Å²) < 4.78 is 14.1. The van der Waals surface area contributed by atoms with Crippen LogP contribution in [0.5, 0.6) is 0 Å². The van der Waals surface area contributed by atoms with Crippen molar-refractivity contribution in [3.63, 3.8) is 0 Å². The maximum absolute atomic E-state index is 14.1. The van der Waals surface area contributed by atoms with Crippen molar-refractivity contribution in [2.24, 2.45) is 0 Å². The Morgan fingerprint density at radius 1 is 1.09 bits per heavy atom. The molecule has 118 valence electrons. The second-order valence-electron chi connectivity index (χ2n) is 7.33. The Hall–Kier alpha value is -2.03. The highest BCUT2D eigenvalue weighted by molar-refractivity contribution is 5.74. The molecule has 0 unspecified atom stereocenters. The van der Waals surface area contributed by atoms with Crippen LogP contribution >= 0.6 is 0 Å². The van der Waals surface area contributed by atoms with Crippen molar-refractivity contribution in [3.8, 4) is 0 Å². The van der Waals surface area contributed by atoms with Crippen molar-refractivity contribution in [3.05, 3.63) is 59.4 Å². The van der Waals surface area contributed by atoms with Gasteiger partial charge in [-0.2, -0.15) is 0 Å². The first-order valence-electron chi connectivity index (χ1n) is 8.56. The van der Waals surface area contributed by atoms with Gasteiger partial charge in [-0.15, -0.1) is 0 Å². The first-order valence-corrected chi connectivity index (χ1v) is 8.56. The lowest BCUT2D eigenvalue weighted by molar-refractivity contribution is 0.170. The number of hydrogen-bond acceptors (Lipinski definition) is 2. The summed E-state index contributed by atoms with van der Waals surface area (Å²) >= 11 is 0. The number of nitrogens with one attached hydrogen (secondary N) is 1. The molecule has 3 aliphatic rings. The van der Waals surface area contributed by atoms with Gasteiger partial charge < -0.3 is 10.2 Å². The van der Waals surface area contributed by atoms with Crippen molar-refractivity contribution in [1.82, 2.24) is 0 Å². The zero-order valence-electron chi connectivity index (χ0n) is 13.4. The van der Waals surface area contributed by atoms with E-state index in [1.165, 1.54) is 35.3 Å². The fourth-order valence-electron chi connectivity index (χ4n) is 5.43. The van der Waals surface area contributed by atoms with E-state index in [0.717, 1.165) is 19.3 Å². The number of benzene rings is 2. The number of hydrogen-bond donors (Lipinski definition) is 1. The maximum Gasteiger partial charge on any atom is 0.123 e. The second-order valence-corrected chi connectivity index (χ2v) is 7.33. The Labute approximate surface area is 136 Å². The maximum atomic E-state index is 14.1. The number of anilines is 2. The zero-order valence-corrected chi connectivity index (χ0v) is 13.4. The summed E-state index contributed by atoms with van der Waals surface area (Å²) in [6.07, 6.45) is 5.66. The Kier molecular flexibility index (Phi) is 2.50. The van der Waals surface area contributed by atoms with Crippen LogP contribution in [0.4, 0.5) is 15.8 Å². The summed E-state index contributed by atoms with van der Waals surface area (Å²) in [5.74, 6) is -0.119.